The average molecular weight is 579 g/mol. The molecule has 0 amide bonds. The molecular formula is C30H25ClF2N4O2S. The highest BCUT2D eigenvalue weighted by Crippen LogP contribution is 2.51. The van der Waals surface area contributed by atoms with E-state index < -0.39 is 5.92 Å². The van der Waals surface area contributed by atoms with Gasteiger partial charge in [0.15, 0.2) is 5.75 Å². The second kappa shape index (κ2) is 10.7. The Bertz CT molecular complexity index is 1720. The number of thiophene rings is 1. The maximum Gasteiger partial charge on any atom is 0.271 e. The predicted molar refractivity (Wildman–Crippen MR) is 154 cm³/mol. The molecule has 0 spiro atoms. The Morgan fingerprint density at radius 1 is 1.12 bits per heavy atom. The van der Waals surface area contributed by atoms with Crippen molar-refractivity contribution in [1.29, 1.82) is 5.26 Å². The summed E-state index contributed by atoms with van der Waals surface area (Å²) in [5, 5.41) is 17.8. The number of alkyl halides is 2. The summed E-state index contributed by atoms with van der Waals surface area (Å²) in [6.45, 7) is 3.45. The lowest BCUT2D eigenvalue weighted by Gasteiger charge is -2.38. The van der Waals surface area contributed by atoms with Gasteiger partial charge in [-0.2, -0.15) is 10.4 Å². The van der Waals surface area contributed by atoms with E-state index >= 15 is 0 Å². The van der Waals surface area contributed by atoms with Gasteiger partial charge in [0.1, 0.15) is 17.6 Å². The van der Waals surface area contributed by atoms with Crippen LogP contribution in [0, 0.1) is 11.3 Å². The van der Waals surface area contributed by atoms with E-state index in [2.05, 4.69) is 21.2 Å². The van der Waals surface area contributed by atoms with Gasteiger partial charge in [-0.05, 0) is 61.5 Å². The second-order valence-corrected chi connectivity index (χ2v) is 11.4. The molecule has 5 aromatic rings. The van der Waals surface area contributed by atoms with Gasteiger partial charge in [-0.1, -0.05) is 17.7 Å². The summed E-state index contributed by atoms with van der Waals surface area (Å²) >= 11 is 7.51. The first kappa shape index (κ1) is 26.5. The second-order valence-electron chi connectivity index (χ2n) is 9.95. The Morgan fingerprint density at radius 3 is 2.65 bits per heavy atom. The van der Waals surface area contributed by atoms with Crippen LogP contribution < -0.4 is 9.47 Å². The zero-order chi connectivity index (χ0) is 27.9. The number of halogens is 3. The van der Waals surface area contributed by atoms with E-state index in [0.29, 0.717) is 28.4 Å². The number of benzene rings is 3. The number of hydrogen-bond acceptors (Lipinski definition) is 6. The number of likely N-dealkylation sites (tertiary alicyclic amines) is 1. The molecule has 0 unspecified atom stereocenters. The summed E-state index contributed by atoms with van der Waals surface area (Å²) in [5.74, 6) is -1.32. The Labute approximate surface area is 238 Å². The van der Waals surface area contributed by atoms with Crippen LogP contribution in [0.5, 0.6) is 17.2 Å². The minimum absolute atomic E-state index is 0.109. The molecule has 0 aliphatic carbocycles. The molecule has 0 saturated carbocycles. The van der Waals surface area contributed by atoms with Crippen LogP contribution in [-0.2, 0) is 5.92 Å². The summed E-state index contributed by atoms with van der Waals surface area (Å²) in [4.78, 5) is 2.85. The maximum absolute atomic E-state index is 14.7. The molecule has 1 aliphatic heterocycles. The average Bonchev–Trinajstić information content (AvgIpc) is 3.52. The Morgan fingerprint density at radius 2 is 1.90 bits per heavy atom. The molecule has 10 heteroatoms. The van der Waals surface area contributed by atoms with Crippen LogP contribution in [-0.4, -0.2) is 40.8 Å². The highest BCUT2D eigenvalue weighted by atomic mass is 35.5. The Kier molecular flexibility index (Phi) is 7.09. The molecule has 3 aromatic carbocycles. The number of rotatable bonds is 9. The van der Waals surface area contributed by atoms with Gasteiger partial charge in [0.2, 0.25) is 0 Å². The van der Waals surface area contributed by atoms with Crippen molar-refractivity contribution in [3.63, 3.8) is 0 Å². The summed E-state index contributed by atoms with van der Waals surface area (Å²) in [6.07, 6.45) is 3.28. The van der Waals surface area contributed by atoms with Gasteiger partial charge in [0.05, 0.1) is 22.7 Å². The molecule has 40 heavy (non-hydrogen) atoms. The normalized spacial score (nSPS) is 14.4. The van der Waals surface area contributed by atoms with E-state index in [1.54, 1.807) is 18.3 Å². The molecule has 6 rings (SSSR count). The van der Waals surface area contributed by atoms with Crippen LogP contribution >= 0.6 is 22.9 Å². The minimum atomic E-state index is -3.11. The highest BCUT2D eigenvalue weighted by molar-refractivity contribution is 7.23. The number of ether oxygens (including phenoxy) is 2. The molecule has 2 aromatic heterocycles. The van der Waals surface area contributed by atoms with Crippen molar-refractivity contribution >= 4 is 43.9 Å². The van der Waals surface area contributed by atoms with E-state index in [9.17, 15) is 8.78 Å². The van der Waals surface area contributed by atoms with Gasteiger partial charge in [0, 0.05) is 58.1 Å². The lowest BCUT2D eigenvalue weighted by Crippen LogP contribution is -2.53. The van der Waals surface area contributed by atoms with E-state index in [1.807, 2.05) is 36.4 Å². The smallest absolute Gasteiger partial charge is 0.271 e. The van der Waals surface area contributed by atoms with Crippen LogP contribution in [0.1, 0.15) is 25.3 Å². The first-order valence-corrected chi connectivity index (χ1v) is 14.1. The van der Waals surface area contributed by atoms with Crippen molar-refractivity contribution in [1.82, 2.24) is 15.1 Å². The number of H-pyrrole nitrogens is 1. The van der Waals surface area contributed by atoms with Crippen LogP contribution in [0.3, 0.4) is 0 Å². The first-order chi connectivity index (χ1) is 19.3. The van der Waals surface area contributed by atoms with Crippen molar-refractivity contribution in [3.05, 3.63) is 71.4 Å². The fourth-order valence-corrected chi connectivity index (χ4v) is 6.42. The molecule has 204 valence electrons. The SMILES string of the molecule is CC(F)(F)c1cc(Cl)ccc1-c1sc2c(ccc3[nH]ncc32)c1Oc1ccc(OC2CN(CCCC#N)C2)cc1. The summed E-state index contributed by atoms with van der Waals surface area (Å²) in [7, 11) is 0. The number of fused-ring (bicyclic) bond motifs is 3. The van der Waals surface area contributed by atoms with Crippen LogP contribution in [0.25, 0.3) is 31.4 Å². The molecule has 1 aliphatic rings. The summed E-state index contributed by atoms with van der Waals surface area (Å²) in [6, 6.07) is 17.9. The largest absolute Gasteiger partial charge is 0.488 e. The lowest BCUT2D eigenvalue weighted by atomic mass is 10.00. The number of aromatic amines is 1. The molecule has 1 saturated heterocycles. The third-order valence-electron chi connectivity index (χ3n) is 6.96. The number of unbranched alkanes of at least 4 members (excludes halogenated alkanes) is 1. The first-order valence-electron chi connectivity index (χ1n) is 12.9. The monoisotopic (exact) mass is 578 g/mol. The predicted octanol–water partition coefficient (Wildman–Crippen LogP) is 8.37. The quantitative estimate of drug-likeness (QED) is 0.178. The summed E-state index contributed by atoms with van der Waals surface area (Å²) in [5.41, 5.74) is 1.06. The van der Waals surface area contributed by atoms with Crippen molar-refractivity contribution in [2.24, 2.45) is 0 Å². The van der Waals surface area contributed by atoms with Crippen LogP contribution in [0.4, 0.5) is 8.78 Å². The Balaban J connectivity index is 1.30. The van der Waals surface area contributed by atoms with E-state index in [-0.39, 0.29) is 16.7 Å². The standard InChI is InChI=1S/C30H25ClF2N4O2S/c1-30(32,33)25-14-18(31)4-9-22(25)29-27(23-10-11-26-24(15-35-36-26)28(23)40-29)39-20-7-5-19(6-8-20)38-21-16-37(17-21)13-3-2-12-34/h4-11,14-15,21H,2-3,13,16-17H2,1H3,(H,35,36). The number of nitrogens with one attached hydrogen (secondary N) is 1. The molecule has 0 bridgehead atoms. The van der Waals surface area contributed by atoms with Crippen LogP contribution in [0.2, 0.25) is 5.02 Å². The molecule has 3 heterocycles. The van der Waals surface area contributed by atoms with Gasteiger partial charge in [-0.15, -0.1) is 11.3 Å². The van der Waals surface area contributed by atoms with E-state index in [4.69, 9.17) is 26.3 Å². The minimum Gasteiger partial charge on any atom is -0.488 e. The van der Waals surface area contributed by atoms with E-state index in [1.165, 1.54) is 17.4 Å². The number of aromatic nitrogens is 2. The van der Waals surface area contributed by atoms with Gasteiger partial charge in [-0.25, -0.2) is 8.78 Å². The third kappa shape index (κ3) is 5.22. The molecular weight excluding hydrogens is 554 g/mol. The van der Waals surface area contributed by atoms with Gasteiger partial charge in [-0.3, -0.25) is 10.00 Å². The molecule has 1 N–H and O–H groups in total. The molecule has 0 radical (unpaired) electrons. The van der Waals surface area contributed by atoms with Crippen molar-refractivity contribution in [3.8, 4) is 33.8 Å². The van der Waals surface area contributed by atoms with Gasteiger partial charge in [0.25, 0.3) is 5.92 Å². The molecule has 0 atom stereocenters. The van der Waals surface area contributed by atoms with Gasteiger partial charge < -0.3 is 9.47 Å². The van der Waals surface area contributed by atoms with Crippen molar-refractivity contribution in [2.45, 2.75) is 31.8 Å². The van der Waals surface area contributed by atoms with Gasteiger partial charge >= 0.3 is 0 Å². The zero-order valence-electron chi connectivity index (χ0n) is 21.6. The topological polar surface area (TPSA) is 74.2 Å². The van der Waals surface area contributed by atoms with E-state index in [0.717, 1.165) is 59.7 Å². The molecule has 1 fully saturated rings. The fraction of sp³-hybridized carbons (Fsp3) is 0.267. The summed E-state index contributed by atoms with van der Waals surface area (Å²) < 4.78 is 42.9. The lowest BCUT2D eigenvalue weighted by molar-refractivity contribution is 0.0180. The van der Waals surface area contributed by atoms with Crippen LogP contribution in [0.15, 0.2) is 60.8 Å². The zero-order valence-corrected chi connectivity index (χ0v) is 23.2. The Hall–Kier alpha value is -3.71. The maximum atomic E-state index is 14.7. The number of nitrogens with zero attached hydrogens (tertiary/aromatic N) is 3. The third-order valence-corrected chi connectivity index (χ3v) is 8.45. The fourth-order valence-electron chi connectivity index (χ4n) is 4.97. The van der Waals surface area contributed by atoms with Crippen molar-refractivity contribution in [2.75, 3.05) is 19.6 Å². The number of nitriles is 1. The van der Waals surface area contributed by atoms with Crippen molar-refractivity contribution < 1.29 is 18.3 Å². The number of hydrogen-bond donors (Lipinski definition) is 1. The highest BCUT2D eigenvalue weighted by Gasteiger charge is 2.31. The molecule has 6 nitrogen and oxygen atoms in total.